The largest absolute Gasteiger partial charge is 0.463 e. The van der Waals surface area contributed by atoms with E-state index in [1.54, 1.807) is 32.6 Å². The zero-order chi connectivity index (χ0) is 22.9. The lowest BCUT2D eigenvalue weighted by molar-refractivity contribution is -0.140. The SMILES string of the molecule is CCOC(=O)C1=C(C)NC(C)=C(C(=O)OCC)C1CN1C(=O)C(C)(C)c2ccccc21. The molecule has 1 amide bonds. The molecule has 3 rings (SSSR count). The van der Waals surface area contributed by atoms with Gasteiger partial charge in [0, 0.05) is 29.5 Å². The number of anilines is 1. The number of benzene rings is 1. The fourth-order valence-corrected chi connectivity index (χ4v) is 4.44. The molecule has 0 saturated carbocycles. The second kappa shape index (κ2) is 8.57. The predicted molar refractivity (Wildman–Crippen MR) is 117 cm³/mol. The predicted octanol–water partition coefficient (Wildman–Crippen LogP) is 3.20. The molecule has 0 spiro atoms. The van der Waals surface area contributed by atoms with Crippen molar-refractivity contribution in [2.75, 3.05) is 24.7 Å². The number of nitrogens with one attached hydrogen (secondary N) is 1. The topological polar surface area (TPSA) is 84.9 Å². The molecule has 0 saturated heterocycles. The van der Waals surface area contributed by atoms with Crippen molar-refractivity contribution in [3.8, 4) is 0 Å². The van der Waals surface area contributed by atoms with E-state index in [0.29, 0.717) is 22.5 Å². The molecule has 2 heterocycles. The molecule has 0 aliphatic carbocycles. The molecule has 31 heavy (non-hydrogen) atoms. The van der Waals surface area contributed by atoms with Crippen LogP contribution in [-0.2, 0) is 29.3 Å². The monoisotopic (exact) mass is 426 g/mol. The summed E-state index contributed by atoms with van der Waals surface area (Å²) in [6.07, 6.45) is 0. The smallest absolute Gasteiger partial charge is 0.336 e. The average molecular weight is 427 g/mol. The van der Waals surface area contributed by atoms with Gasteiger partial charge in [0.25, 0.3) is 0 Å². The fourth-order valence-electron chi connectivity index (χ4n) is 4.44. The van der Waals surface area contributed by atoms with E-state index in [9.17, 15) is 14.4 Å². The number of allylic oxidation sites excluding steroid dienone is 2. The zero-order valence-corrected chi connectivity index (χ0v) is 19.0. The van der Waals surface area contributed by atoms with Crippen LogP contribution in [0, 0.1) is 5.92 Å². The highest BCUT2D eigenvalue weighted by Crippen LogP contribution is 2.43. The highest BCUT2D eigenvalue weighted by atomic mass is 16.5. The van der Waals surface area contributed by atoms with Gasteiger partial charge in [-0.25, -0.2) is 9.59 Å². The Morgan fingerprint density at radius 2 is 1.52 bits per heavy atom. The summed E-state index contributed by atoms with van der Waals surface area (Å²) in [5.41, 5.74) is 2.90. The molecule has 1 aromatic rings. The number of esters is 2. The molecule has 0 atom stereocenters. The van der Waals surface area contributed by atoms with Crippen molar-refractivity contribution < 1.29 is 23.9 Å². The van der Waals surface area contributed by atoms with Crippen molar-refractivity contribution in [2.45, 2.75) is 47.0 Å². The van der Waals surface area contributed by atoms with E-state index in [-0.39, 0.29) is 25.7 Å². The molecule has 166 valence electrons. The molecule has 1 aromatic carbocycles. The maximum Gasteiger partial charge on any atom is 0.336 e. The number of ether oxygens (including phenoxy) is 2. The van der Waals surface area contributed by atoms with Gasteiger partial charge < -0.3 is 19.7 Å². The van der Waals surface area contributed by atoms with Gasteiger partial charge in [0.05, 0.1) is 29.8 Å². The third-order valence-corrected chi connectivity index (χ3v) is 5.88. The minimum absolute atomic E-state index is 0.0750. The number of nitrogens with zero attached hydrogens (tertiary/aromatic N) is 1. The number of amides is 1. The number of dihydropyridines is 1. The van der Waals surface area contributed by atoms with E-state index in [4.69, 9.17) is 9.47 Å². The van der Waals surface area contributed by atoms with Gasteiger partial charge in [0.15, 0.2) is 0 Å². The van der Waals surface area contributed by atoms with E-state index in [1.807, 2.05) is 38.1 Å². The molecule has 7 heteroatoms. The van der Waals surface area contributed by atoms with Crippen molar-refractivity contribution in [3.63, 3.8) is 0 Å². The number of rotatable bonds is 6. The van der Waals surface area contributed by atoms with Crippen molar-refractivity contribution in [2.24, 2.45) is 5.92 Å². The van der Waals surface area contributed by atoms with Crippen LogP contribution < -0.4 is 10.2 Å². The molecule has 0 aromatic heterocycles. The summed E-state index contributed by atoms with van der Waals surface area (Å²) in [7, 11) is 0. The fraction of sp³-hybridized carbons (Fsp3) is 0.458. The van der Waals surface area contributed by atoms with Gasteiger partial charge in [-0.1, -0.05) is 18.2 Å². The zero-order valence-electron chi connectivity index (χ0n) is 19.0. The summed E-state index contributed by atoms with van der Waals surface area (Å²) in [4.78, 5) is 40.8. The highest BCUT2D eigenvalue weighted by Gasteiger charge is 2.46. The number of carbonyl (C=O) groups is 3. The number of fused-ring (bicyclic) bond motifs is 1. The highest BCUT2D eigenvalue weighted by molar-refractivity contribution is 6.08. The van der Waals surface area contributed by atoms with Crippen molar-refractivity contribution >= 4 is 23.5 Å². The van der Waals surface area contributed by atoms with Gasteiger partial charge in [0.1, 0.15) is 0 Å². The Balaban J connectivity index is 2.10. The standard InChI is InChI=1S/C24H30N2O5/c1-7-30-21(27)19-14(3)25-15(4)20(22(28)31-8-2)16(19)13-26-18-12-10-9-11-17(18)24(5,6)23(26)29/h9-12,16,25H,7-8,13H2,1-6H3. The van der Waals surface area contributed by atoms with E-state index >= 15 is 0 Å². The Bertz CT molecular complexity index is 949. The van der Waals surface area contributed by atoms with Crippen LogP contribution in [-0.4, -0.2) is 37.6 Å². The van der Waals surface area contributed by atoms with Crippen LogP contribution in [0.5, 0.6) is 0 Å². The normalized spacial score (nSPS) is 18.1. The summed E-state index contributed by atoms with van der Waals surface area (Å²) < 4.78 is 10.6. The summed E-state index contributed by atoms with van der Waals surface area (Å²) in [5.74, 6) is -1.77. The third-order valence-electron chi connectivity index (χ3n) is 5.88. The van der Waals surface area contributed by atoms with Crippen molar-refractivity contribution in [1.82, 2.24) is 5.32 Å². The summed E-state index contributed by atoms with van der Waals surface area (Å²) >= 11 is 0. The van der Waals surface area contributed by atoms with Crippen LogP contribution >= 0.6 is 0 Å². The van der Waals surface area contributed by atoms with Crippen LogP contribution in [0.2, 0.25) is 0 Å². The Morgan fingerprint density at radius 3 is 2.03 bits per heavy atom. The second-order valence-electron chi connectivity index (χ2n) is 8.25. The maximum absolute atomic E-state index is 13.4. The minimum atomic E-state index is -0.699. The van der Waals surface area contributed by atoms with Gasteiger partial charge in [-0.3, -0.25) is 4.79 Å². The molecule has 0 unspecified atom stereocenters. The molecule has 0 fully saturated rings. The Hall–Kier alpha value is -3.09. The van der Waals surface area contributed by atoms with Crippen LogP contribution in [0.15, 0.2) is 46.8 Å². The first-order valence-electron chi connectivity index (χ1n) is 10.6. The summed E-state index contributed by atoms with van der Waals surface area (Å²) in [6, 6.07) is 7.62. The third kappa shape index (κ3) is 3.84. The van der Waals surface area contributed by atoms with Gasteiger partial charge >= 0.3 is 11.9 Å². The molecule has 7 nitrogen and oxygen atoms in total. The first kappa shape index (κ1) is 22.6. The lowest BCUT2D eigenvalue weighted by Gasteiger charge is -2.33. The van der Waals surface area contributed by atoms with Gasteiger partial charge in [-0.05, 0) is 53.2 Å². The summed E-state index contributed by atoms with van der Waals surface area (Å²) in [6.45, 7) is 11.3. The van der Waals surface area contributed by atoms with E-state index in [1.165, 1.54) is 0 Å². The molecule has 0 bridgehead atoms. The van der Waals surface area contributed by atoms with Gasteiger partial charge in [0.2, 0.25) is 5.91 Å². The Kier molecular flexibility index (Phi) is 6.25. The minimum Gasteiger partial charge on any atom is -0.463 e. The van der Waals surface area contributed by atoms with Crippen LogP contribution in [0.4, 0.5) is 5.69 Å². The lowest BCUT2D eigenvalue weighted by atomic mass is 9.84. The maximum atomic E-state index is 13.4. The molecule has 2 aliphatic heterocycles. The van der Waals surface area contributed by atoms with E-state index in [0.717, 1.165) is 11.3 Å². The first-order valence-corrected chi connectivity index (χ1v) is 10.6. The number of hydrogen-bond acceptors (Lipinski definition) is 6. The number of para-hydroxylation sites is 1. The Labute approximate surface area is 183 Å². The second-order valence-corrected chi connectivity index (χ2v) is 8.25. The van der Waals surface area contributed by atoms with Crippen LogP contribution in [0.3, 0.4) is 0 Å². The van der Waals surface area contributed by atoms with Gasteiger partial charge in [-0.2, -0.15) is 0 Å². The van der Waals surface area contributed by atoms with Gasteiger partial charge in [-0.15, -0.1) is 0 Å². The molecule has 1 N–H and O–H groups in total. The van der Waals surface area contributed by atoms with Crippen molar-refractivity contribution in [1.29, 1.82) is 0 Å². The van der Waals surface area contributed by atoms with E-state index < -0.39 is 23.3 Å². The number of carbonyl (C=O) groups excluding carboxylic acids is 3. The quantitative estimate of drug-likeness (QED) is 0.703. The van der Waals surface area contributed by atoms with Crippen LogP contribution in [0.25, 0.3) is 0 Å². The first-order chi connectivity index (χ1) is 14.6. The molecule has 0 radical (unpaired) electrons. The molecular weight excluding hydrogens is 396 g/mol. The lowest BCUT2D eigenvalue weighted by Crippen LogP contribution is -2.43. The summed E-state index contributed by atoms with van der Waals surface area (Å²) in [5, 5.41) is 3.11. The van der Waals surface area contributed by atoms with Crippen molar-refractivity contribution in [3.05, 3.63) is 52.4 Å². The molecular formula is C24H30N2O5. The Morgan fingerprint density at radius 1 is 1.00 bits per heavy atom. The van der Waals surface area contributed by atoms with E-state index in [2.05, 4.69) is 5.32 Å². The molecule has 2 aliphatic rings. The number of hydrogen-bond donors (Lipinski definition) is 1. The average Bonchev–Trinajstić information content (AvgIpc) is 2.89. The van der Waals surface area contributed by atoms with Crippen LogP contribution in [0.1, 0.15) is 47.1 Å².